The Bertz CT molecular complexity index is 690. The summed E-state index contributed by atoms with van der Waals surface area (Å²) in [5, 5.41) is 12.4. The minimum atomic E-state index is -0.199. The van der Waals surface area contributed by atoms with Crippen LogP contribution in [0.1, 0.15) is 42.7 Å². The van der Waals surface area contributed by atoms with Crippen LogP contribution in [0.3, 0.4) is 0 Å². The lowest BCUT2D eigenvalue weighted by atomic mass is 10.2. The molecular weight excluding hydrogens is 310 g/mol. The number of nitrogens with one attached hydrogen (secondary N) is 1. The van der Waals surface area contributed by atoms with Crippen LogP contribution in [0.25, 0.3) is 6.08 Å². The van der Waals surface area contributed by atoms with Gasteiger partial charge in [-0.05, 0) is 43.0 Å². The molecule has 2 aromatic rings. The van der Waals surface area contributed by atoms with Gasteiger partial charge in [-0.2, -0.15) is 0 Å². The molecule has 3 rings (SSSR count). The van der Waals surface area contributed by atoms with E-state index in [1.807, 2.05) is 24.3 Å². The summed E-state index contributed by atoms with van der Waals surface area (Å²) in [4.78, 5) is 11.9. The Kier molecular flexibility index (Phi) is 5.02. The summed E-state index contributed by atoms with van der Waals surface area (Å²) in [6.45, 7) is 2.78. The number of hydrogen-bond acceptors (Lipinski definition) is 5. The number of carbonyl (C=O) groups excluding carboxylic acids is 1. The van der Waals surface area contributed by atoms with Crippen molar-refractivity contribution in [3.05, 3.63) is 40.9 Å². The van der Waals surface area contributed by atoms with Crippen molar-refractivity contribution in [2.75, 3.05) is 11.9 Å². The van der Waals surface area contributed by atoms with E-state index in [0.29, 0.717) is 17.7 Å². The first kappa shape index (κ1) is 15.7. The lowest BCUT2D eigenvalue weighted by Crippen LogP contribution is -2.07. The van der Waals surface area contributed by atoms with Crippen molar-refractivity contribution >= 4 is 28.5 Å². The van der Waals surface area contributed by atoms with Crippen molar-refractivity contribution in [3.8, 4) is 5.75 Å². The molecule has 23 heavy (non-hydrogen) atoms. The molecule has 0 saturated heterocycles. The highest BCUT2D eigenvalue weighted by molar-refractivity contribution is 7.15. The van der Waals surface area contributed by atoms with E-state index in [1.54, 1.807) is 6.08 Å². The molecule has 0 bridgehead atoms. The van der Waals surface area contributed by atoms with Crippen LogP contribution in [0.15, 0.2) is 30.3 Å². The van der Waals surface area contributed by atoms with Gasteiger partial charge in [-0.25, -0.2) is 0 Å². The van der Waals surface area contributed by atoms with Gasteiger partial charge in [0, 0.05) is 12.0 Å². The normalized spacial score (nSPS) is 14.1. The zero-order chi connectivity index (χ0) is 16.1. The number of hydrogen-bond donors (Lipinski definition) is 1. The van der Waals surface area contributed by atoms with E-state index >= 15 is 0 Å². The van der Waals surface area contributed by atoms with Crippen LogP contribution in [0.4, 0.5) is 5.13 Å². The second kappa shape index (κ2) is 7.37. The van der Waals surface area contributed by atoms with Crippen LogP contribution in [0, 0.1) is 0 Å². The fourth-order valence-electron chi connectivity index (χ4n) is 1.99. The maximum Gasteiger partial charge on any atom is 0.250 e. The summed E-state index contributed by atoms with van der Waals surface area (Å²) in [6.07, 6.45) is 6.61. The van der Waals surface area contributed by atoms with E-state index in [2.05, 4.69) is 22.4 Å². The number of amides is 1. The first-order valence-electron chi connectivity index (χ1n) is 7.80. The molecule has 1 aromatic heterocycles. The van der Waals surface area contributed by atoms with Gasteiger partial charge in [-0.1, -0.05) is 30.4 Å². The number of carbonyl (C=O) groups is 1. The summed E-state index contributed by atoms with van der Waals surface area (Å²) < 4.78 is 5.52. The third-order valence-corrected chi connectivity index (χ3v) is 4.38. The van der Waals surface area contributed by atoms with Crippen LogP contribution < -0.4 is 10.1 Å². The summed E-state index contributed by atoms with van der Waals surface area (Å²) in [7, 11) is 0. The van der Waals surface area contributed by atoms with Gasteiger partial charge >= 0.3 is 0 Å². The predicted molar refractivity (Wildman–Crippen MR) is 91.8 cm³/mol. The Morgan fingerprint density at radius 2 is 2.13 bits per heavy atom. The Hall–Kier alpha value is -2.21. The molecule has 1 heterocycles. The van der Waals surface area contributed by atoms with Crippen LogP contribution in [0.5, 0.6) is 5.75 Å². The summed E-state index contributed by atoms with van der Waals surface area (Å²) >= 11 is 1.46. The van der Waals surface area contributed by atoms with Crippen molar-refractivity contribution in [2.45, 2.75) is 32.1 Å². The third-order valence-electron chi connectivity index (χ3n) is 3.38. The van der Waals surface area contributed by atoms with Crippen molar-refractivity contribution in [3.63, 3.8) is 0 Å². The molecule has 6 heteroatoms. The molecule has 0 atom stereocenters. The fourth-order valence-corrected chi connectivity index (χ4v) is 2.91. The number of nitrogens with zero attached hydrogens (tertiary/aromatic N) is 2. The lowest BCUT2D eigenvalue weighted by molar-refractivity contribution is -0.111. The Balaban J connectivity index is 1.52. The van der Waals surface area contributed by atoms with E-state index in [4.69, 9.17) is 4.74 Å². The van der Waals surface area contributed by atoms with E-state index in [0.717, 1.165) is 22.7 Å². The van der Waals surface area contributed by atoms with Gasteiger partial charge in [-0.3, -0.25) is 10.1 Å². The van der Waals surface area contributed by atoms with E-state index in [1.165, 1.54) is 30.3 Å². The maximum absolute atomic E-state index is 11.9. The number of aromatic nitrogens is 2. The zero-order valence-corrected chi connectivity index (χ0v) is 13.8. The van der Waals surface area contributed by atoms with Crippen LogP contribution in [-0.2, 0) is 4.79 Å². The van der Waals surface area contributed by atoms with Gasteiger partial charge in [0.05, 0.1) is 6.61 Å². The van der Waals surface area contributed by atoms with Crippen molar-refractivity contribution < 1.29 is 9.53 Å². The van der Waals surface area contributed by atoms with E-state index < -0.39 is 0 Å². The van der Waals surface area contributed by atoms with Gasteiger partial charge in [0.25, 0.3) is 0 Å². The van der Waals surface area contributed by atoms with Crippen LogP contribution in [0.2, 0.25) is 0 Å². The van der Waals surface area contributed by atoms with Gasteiger partial charge in [0.1, 0.15) is 10.8 Å². The molecule has 1 aliphatic rings. The van der Waals surface area contributed by atoms with Gasteiger partial charge in [0.15, 0.2) is 0 Å². The first-order valence-corrected chi connectivity index (χ1v) is 8.61. The van der Waals surface area contributed by atoms with Gasteiger partial charge in [-0.15, -0.1) is 10.2 Å². The highest BCUT2D eigenvalue weighted by atomic mass is 32.1. The van der Waals surface area contributed by atoms with E-state index in [-0.39, 0.29) is 5.91 Å². The quantitative estimate of drug-likeness (QED) is 0.784. The number of benzene rings is 1. The average Bonchev–Trinajstić information content (AvgIpc) is 3.32. The SMILES string of the molecule is CCCOc1ccc(/C=C/C(=O)Nc2nnc(C3CC3)s2)cc1. The standard InChI is InChI=1S/C17H19N3O2S/c1-2-11-22-14-8-3-12(4-9-14)5-10-15(21)18-17-20-19-16(23-17)13-6-7-13/h3-5,8-10,13H,2,6-7,11H2,1H3,(H,18,20,21)/b10-5+. The Morgan fingerprint density at radius 3 is 2.83 bits per heavy atom. The second-order valence-corrected chi connectivity index (χ2v) is 6.47. The molecule has 120 valence electrons. The second-order valence-electron chi connectivity index (χ2n) is 5.46. The highest BCUT2D eigenvalue weighted by Gasteiger charge is 2.27. The smallest absolute Gasteiger partial charge is 0.250 e. The van der Waals surface area contributed by atoms with Crippen molar-refractivity contribution in [1.82, 2.24) is 10.2 Å². The largest absolute Gasteiger partial charge is 0.494 e. The molecular formula is C17H19N3O2S. The topological polar surface area (TPSA) is 64.1 Å². The maximum atomic E-state index is 11.9. The van der Waals surface area contributed by atoms with Gasteiger partial charge in [0.2, 0.25) is 11.0 Å². The third kappa shape index (κ3) is 4.63. The molecule has 1 aromatic carbocycles. The highest BCUT2D eigenvalue weighted by Crippen LogP contribution is 2.42. The molecule has 1 fully saturated rings. The Labute approximate surface area is 139 Å². The monoisotopic (exact) mass is 329 g/mol. The van der Waals surface area contributed by atoms with Crippen molar-refractivity contribution in [1.29, 1.82) is 0 Å². The minimum absolute atomic E-state index is 0.199. The number of anilines is 1. The van der Waals surface area contributed by atoms with E-state index in [9.17, 15) is 4.79 Å². The molecule has 0 unspecified atom stereocenters. The number of rotatable bonds is 7. The molecule has 1 saturated carbocycles. The molecule has 0 spiro atoms. The lowest BCUT2D eigenvalue weighted by Gasteiger charge is -2.03. The van der Waals surface area contributed by atoms with Gasteiger partial charge < -0.3 is 4.74 Å². The van der Waals surface area contributed by atoms with Crippen LogP contribution >= 0.6 is 11.3 Å². The average molecular weight is 329 g/mol. The molecule has 1 aliphatic carbocycles. The van der Waals surface area contributed by atoms with Crippen molar-refractivity contribution in [2.24, 2.45) is 0 Å². The van der Waals surface area contributed by atoms with Crippen LogP contribution in [-0.4, -0.2) is 22.7 Å². The minimum Gasteiger partial charge on any atom is -0.494 e. The summed E-state index contributed by atoms with van der Waals surface area (Å²) in [5.74, 6) is 1.20. The summed E-state index contributed by atoms with van der Waals surface area (Å²) in [6, 6.07) is 7.65. The first-order chi connectivity index (χ1) is 11.2. The summed E-state index contributed by atoms with van der Waals surface area (Å²) in [5.41, 5.74) is 0.944. The fraction of sp³-hybridized carbons (Fsp3) is 0.353. The molecule has 5 nitrogen and oxygen atoms in total. The molecule has 0 aliphatic heterocycles. The molecule has 1 amide bonds. The predicted octanol–water partition coefficient (Wildman–Crippen LogP) is 3.86. The number of ether oxygens (including phenoxy) is 1. The zero-order valence-electron chi connectivity index (χ0n) is 13.0. The molecule has 0 radical (unpaired) electrons. The molecule has 1 N–H and O–H groups in total. The Morgan fingerprint density at radius 1 is 1.35 bits per heavy atom.